The normalized spacial score (nSPS) is 10.2. The number of benzene rings is 1. The lowest BCUT2D eigenvalue weighted by molar-refractivity contribution is -0.380. The van der Waals surface area contributed by atoms with Gasteiger partial charge in [0.1, 0.15) is 5.75 Å². The largest absolute Gasteiger partial charge is 0.495 e. The van der Waals surface area contributed by atoms with E-state index in [0.29, 0.717) is 6.54 Å². The number of rotatable bonds is 5. The maximum Gasteiger partial charge on any atom is 0.324 e. The fourth-order valence-corrected chi connectivity index (χ4v) is 2.44. The van der Waals surface area contributed by atoms with Gasteiger partial charge in [-0.1, -0.05) is 17.4 Å². The van der Waals surface area contributed by atoms with Gasteiger partial charge < -0.3 is 10.1 Å². The molecule has 100 valence electrons. The van der Waals surface area contributed by atoms with E-state index in [9.17, 15) is 10.1 Å². The van der Waals surface area contributed by atoms with Crippen molar-refractivity contribution < 1.29 is 9.66 Å². The highest BCUT2D eigenvalue weighted by atomic mass is 32.1. The Morgan fingerprint density at radius 2 is 2.21 bits per heavy atom. The molecule has 0 atom stereocenters. The molecule has 6 heteroatoms. The highest BCUT2D eigenvalue weighted by Gasteiger charge is 2.10. The van der Waals surface area contributed by atoms with Crippen LogP contribution >= 0.6 is 11.3 Å². The second kappa shape index (κ2) is 5.71. The summed E-state index contributed by atoms with van der Waals surface area (Å²) in [5.74, 6) is 0.760. The SMILES string of the molecule is COc1ccc(C)cc1NCc1csc([N+](=O)[O-])c1. The van der Waals surface area contributed by atoms with Gasteiger partial charge in [0.2, 0.25) is 0 Å². The number of anilines is 1. The smallest absolute Gasteiger partial charge is 0.324 e. The molecule has 0 aliphatic carbocycles. The number of nitrogens with zero attached hydrogens (tertiary/aromatic N) is 1. The summed E-state index contributed by atoms with van der Waals surface area (Å²) in [6.07, 6.45) is 0. The Hall–Kier alpha value is -2.08. The van der Waals surface area contributed by atoms with Crippen LogP contribution in [-0.2, 0) is 6.54 Å². The number of nitro groups is 1. The molecule has 1 aromatic carbocycles. The topological polar surface area (TPSA) is 64.4 Å². The van der Waals surface area contributed by atoms with E-state index in [0.717, 1.165) is 33.9 Å². The zero-order valence-electron chi connectivity index (χ0n) is 10.7. The van der Waals surface area contributed by atoms with E-state index in [1.54, 1.807) is 18.6 Å². The first-order valence-corrected chi connectivity index (χ1v) is 6.58. The summed E-state index contributed by atoms with van der Waals surface area (Å²) in [6.45, 7) is 2.53. The molecule has 0 aliphatic rings. The van der Waals surface area contributed by atoms with Gasteiger partial charge in [0.05, 0.1) is 17.7 Å². The molecule has 5 nitrogen and oxygen atoms in total. The summed E-state index contributed by atoms with van der Waals surface area (Å²) in [4.78, 5) is 10.2. The molecule has 1 N–H and O–H groups in total. The van der Waals surface area contributed by atoms with Gasteiger partial charge in [0.25, 0.3) is 0 Å². The van der Waals surface area contributed by atoms with Crippen LogP contribution in [-0.4, -0.2) is 12.0 Å². The molecule has 19 heavy (non-hydrogen) atoms. The lowest BCUT2D eigenvalue weighted by atomic mass is 10.2. The van der Waals surface area contributed by atoms with Crippen molar-refractivity contribution in [2.75, 3.05) is 12.4 Å². The van der Waals surface area contributed by atoms with E-state index in [2.05, 4.69) is 5.32 Å². The second-order valence-electron chi connectivity index (χ2n) is 4.11. The lowest BCUT2D eigenvalue weighted by Crippen LogP contribution is -2.00. The fourth-order valence-electron chi connectivity index (χ4n) is 1.71. The van der Waals surface area contributed by atoms with Gasteiger partial charge in [0, 0.05) is 18.0 Å². The van der Waals surface area contributed by atoms with Crippen molar-refractivity contribution in [2.45, 2.75) is 13.5 Å². The van der Waals surface area contributed by atoms with Crippen LogP contribution in [0.2, 0.25) is 0 Å². The molecular weight excluding hydrogens is 264 g/mol. The van der Waals surface area contributed by atoms with Crippen LogP contribution in [0.4, 0.5) is 10.7 Å². The van der Waals surface area contributed by atoms with Crippen molar-refractivity contribution in [1.29, 1.82) is 0 Å². The molecule has 0 fully saturated rings. The second-order valence-corrected chi connectivity index (χ2v) is 5.00. The first-order valence-electron chi connectivity index (χ1n) is 5.70. The Kier molecular flexibility index (Phi) is 4.01. The van der Waals surface area contributed by atoms with E-state index in [4.69, 9.17) is 4.74 Å². The molecular formula is C13H14N2O3S. The van der Waals surface area contributed by atoms with Gasteiger partial charge in [-0.2, -0.15) is 0 Å². The Morgan fingerprint density at radius 3 is 2.84 bits per heavy atom. The molecule has 2 rings (SSSR count). The van der Waals surface area contributed by atoms with E-state index < -0.39 is 0 Å². The highest BCUT2D eigenvalue weighted by molar-refractivity contribution is 7.13. The first-order chi connectivity index (χ1) is 9.10. The van der Waals surface area contributed by atoms with Crippen LogP contribution in [0.5, 0.6) is 5.75 Å². The van der Waals surface area contributed by atoms with E-state index in [1.165, 1.54) is 0 Å². The zero-order valence-corrected chi connectivity index (χ0v) is 11.5. The number of hydrogen-bond acceptors (Lipinski definition) is 5. The van der Waals surface area contributed by atoms with Crippen LogP contribution in [0.3, 0.4) is 0 Å². The summed E-state index contributed by atoms with van der Waals surface area (Å²) >= 11 is 1.14. The molecule has 0 unspecified atom stereocenters. The molecule has 1 heterocycles. The third-order valence-electron chi connectivity index (χ3n) is 2.66. The Morgan fingerprint density at radius 1 is 1.42 bits per heavy atom. The Labute approximate surface area is 115 Å². The predicted octanol–water partition coefficient (Wildman–Crippen LogP) is 3.59. The van der Waals surface area contributed by atoms with Crippen molar-refractivity contribution in [3.63, 3.8) is 0 Å². The molecule has 0 amide bonds. The van der Waals surface area contributed by atoms with Crippen molar-refractivity contribution in [1.82, 2.24) is 0 Å². The van der Waals surface area contributed by atoms with Gasteiger partial charge in [-0.15, -0.1) is 0 Å². The third kappa shape index (κ3) is 3.23. The minimum atomic E-state index is -0.374. The minimum Gasteiger partial charge on any atom is -0.495 e. The average molecular weight is 278 g/mol. The highest BCUT2D eigenvalue weighted by Crippen LogP contribution is 2.27. The molecule has 0 saturated heterocycles. The van der Waals surface area contributed by atoms with E-state index in [1.807, 2.05) is 25.1 Å². The van der Waals surface area contributed by atoms with Crippen molar-refractivity contribution in [3.05, 3.63) is 50.9 Å². The summed E-state index contributed by atoms with van der Waals surface area (Å²) in [7, 11) is 1.62. The Bertz CT molecular complexity index is 595. The third-order valence-corrected chi connectivity index (χ3v) is 3.59. The van der Waals surface area contributed by atoms with Gasteiger partial charge in [-0.25, -0.2) is 0 Å². The molecule has 0 radical (unpaired) electrons. The van der Waals surface area contributed by atoms with Crippen LogP contribution in [0, 0.1) is 17.0 Å². The fraction of sp³-hybridized carbons (Fsp3) is 0.231. The molecule has 2 aromatic rings. The van der Waals surface area contributed by atoms with Gasteiger partial charge in [0.15, 0.2) is 0 Å². The molecule has 0 saturated carbocycles. The lowest BCUT2D eigenvalue weighted by Gasteiger charge is -2.11. The van der Waals surface area contributed by atoms with Gasteiger partial charge in [-0.3, -0.25) is 10.1 Å². The number of ether oxygens (including phenoxy) is 1. The molecule has 0 aliphatic heterocycles. The van der Waals surface area contributed by atoms with Crippen LogP contribution in [0.15, 0.2) is 29.6 Å². The number of thiophene rings is 1. The predicted molar refractivity (Wildman–Crippen MR) is 76.0 cm³/mol. The number of aryl methyl sites for hydroxylation is 1. The number of hydrogen-bond donors (Lipinski definition) is 1. The standard InChI is InChI=1S/C13H14N2O3S/c1-9-3-4-12(18-2)11(5-9)14-7-10-6-13(15(16)17)19-8-10/h3-6,8,14H,7H2,1-2H3. The summed E-state index contributed by atoms with van der Waals surface area (Å²) in [5.41, 5.74) is 2.90. The maximum absolute atomic E-state index is 10.6. The average Bonchev–Trinajstić information content (AvgIpc) is 2.85. The van der Waals surface area contributed by atoms with Crippen molar-refractivity contribution in [3.8, 4) is 5.75 Å². The number of nitrogens with one attached hydrogen (secondary N) is 1. The quantitative estimate of drug-likeness (QED) is 0.670. The van der Waals surface area contributed by atoms with Crippen LogP contribution in [0.1, 0.15) is 11.1 Å². The maximum atomic E-state index is 10.6. The van der Waals surface area contributed by atoms with E-state index in [-0.39, 0.29) is 9.92 Å². The van der Waals surface area contributed by atoms with Crippen molar-refractivity contribution in [2.24, 2.45) is 0 Å². The summed E-state index contributed by atoms with van der Waals surface area (Å²) < 4.78 is 5.26. The van der Waals surface area contributed by atoms with Gasteiger partial charge in [-0.05, 0) is 30.2 Å². The summed E-state index contributed by atoms with van der Waals surface area (Å²) in [6, 6.07) is 7.44. The van der Waals surface area contributed by atoms with Crippen LogP contribution < -0.4 is 10.1 Å². The minimum absolute atomic E-state index is 0.160. The number of methoxy groups -OCH3 is 1. The molecule has 0 bridgehead atoms. The summed E-state index contributed by atoms with van der Waals surface area (Å²) in [5, 5.41) is 15.8. The van der Waals surface area contributed by atoms with Crippen molar-refractivity contribution >= 4 is 22.0 Å². The molecule has 1 aromatic heterocycles. The molecule has 0 spiro atoms. The Balaban J connectivity index is 2.09. The zero-order chi connectivity index (χ0) is 13.8. The first kappa shape index (κ1) is 13.4. The monoisotopic (exact) mass is 278 g/mol. The van der Waals surface area contributed by atoms with Gasteiger partial charge >= 0.3 is 5.00 Å². The van der Waals surface area contributed by atoms with E-state index >= 15 is 0 Å². The van der Waals surface area contributed by atoms with Crippen LogP contribution in [0.25, 0.3) is 0 Å².